The van der Waals surface area contributed by atoms with Gasteiger partial charge in [-0.2, -0.15) is 0 Å². The van der Waals surface area contributed by atoms with Crippen LogP contribution in [0.2, 0.25) is 0 Å². The normalized spacial score (nSPS) is 12.4. The molecule has 12 aromatic rings. The van der Waals surface area contributed by atoms with Crippen LogP contribution >= 0.6 is 34.0 Å². The van der Waals surface area contributed by atoms with Crippen molar-refractivity contribution in [3.63, 3.8) is 0 Å². The summed E-state index contributed by atoms with van der Waals surface area (Å²) >= 11 is 5.52. The molecule has 0 atom stereocenters. The lowest BCUT2D eigenvalue weighted by Crippen LogP contribution is -2.03. The van der Waals surface area contributed by atoms with E-state index in [1.54, 1.807) is 11.3 Å². The minimum absolute atomic E-state index is 0.701. The summed E-state index contributed by atoms with van der Waals surface area (Å²) in [7, 11) is 0. The Bertz CT molecular complexity index is 3400. The second-order valence-electron chi connectivity index (χ2n) is 12.9. The summed E-state index contributed by atoms with van der Waals surface area (Å²) in [6, 6.07) is 50.6. The molecule has 0 radical (unpaired) electrons. The van der Waals surface area contributed by atoms with Crippen molar-refractivity contribution in [1.82, 2.24) is 14.5 Å². The zero-order valence-electron chi connectivity index (χ0n) is 26.3. The lowest BCUT2D eigenvalue weighted by atomic mass is 10.00. The summed E-state index contributed by atoms with van der Waals surface area (Å²) in [4.78, 5) is 11.2. The molecule has 7 aromatic carbocycles. The molecule has 0 unspecified atom stereocenters. The van der Waals surface area contributed by atoms with Crippen molar-refractivity contribution in [2.24, 2.45) is 0 Å². The predicted octanol–water partition coefficient (Wildman–Crippen LogP) is 13.5. The molecule has 0 aliphatic carbocycles. The highest BCUT2D eigenvalue weighted by atomic mass is 32.1. The topological polar surface area (TPSA) is 30.7 Å². The van der Waals surface area contributed by atoms with Crippen LogP contribution in [-0.2, 0) is 0 Å². The Morgan fingerprint density at radius 2 is 0.960 bits per heavy atom. The van der Waals surface area contributed by atoms with Gasteiger partial charge in [-0.3, -0.25) is 4.57 Å². The summed E-state index contributed by atoms with van der Waals surface area (Å²) < 4.78 is 9.84. The van der Waals surface area contributed by atoms with Crippen LogP contribution in [0.5, 0.6) is 0 Å². The molecule has 0 saturated carbocycles. The van der Waals surface area contributed by atoms with Crippen LogP contribution in [0.15, 0.2) is 140 Å². The molecule has 0 spiro atoms. The van der Waals surface area contributed by atoms with Crippen molar-refractivity contribution in [1.29, 1.82) is 0 Å². The highest BCUT2D eigenvalue weighted by molar-refractivity contribution is 7.27. The van der Waals surface area contributed by atoms with Crippen LogP contribution in [0.4, 0.5) is 0 Å². The number of fused-ring (bicyclic) bond motifs is 16. The van der Waals surface area contributed by atoms with Crippen LogP contribution in [0.3, 0.4) is 0 Å². The molecule has 0 aliphatic rings. The van der Waals surface area contributed by atoms with Gasteiger partial charge in [0.05, 0.1) is 26.9 Å². The Kier molecular flexibility index (Phi) is 5.42. The second-order valence-corrected chi connectivity index (χ2v) is 16.0. The number of benzene rings is 7. The van der Waals surface area contributed by atoms with Crippen molar-refractivity contribution in [2.45, 2.75) is 0 Å². The fourth-order valence-corrected chi connectivity index (χ4v) is 11.7. The molecule has 0 amide bonds. The van der Waals surface area contributed by atoms with E-state index in [0.717, 1.165) is 27.0 Å². The lowest BCUT2D eigenvalue weighted by molar-refractivity contribution is 1.02. The molecule has 0 fully saturated rings. The summed E-state index contributed by atoms with van der Waals surface area (Å²) in [5.41, 5.74) is 5.42. The molecule has 5 heterocycles. The van der Waals surface area contributed by atoms with Crippen molar-refractivity contribution < 1.29 is 0 Å². The van der Waals surface area contributed by atoms with Gasteiger partial charge in [-0.15, -0.1) is 34.0 Å². The molecule has 6 heteroatoms. The Morgan fingerprint density at radius 1 is 0.400 bits per heavy atom. The van der Waals surface area contributed by atoms with E-state index < -0.39 is 0 Å². The van der Waals surface area contributed by atoms with Gasteiger partial charge in [0.15, 0.2) is 0 Å². The maximum atomic E-state index is 5.65. The molecule has 3 nitrogen and oxygen atoms in total. The quantitative estimate of drug-likeness (QED) is 0.181. The third kappa shape index (κ3) is 3.52. The average molecular weight is 690 g/mol. The van der Waals surface area contributed by atoms with Crippen LogP contribution in [-0.4, -0.2) is 14.5 Å². The first kappa shape index (κ1) is 27.2. The number of aromatic nitrogens is 3. The smallest absolute Gasteiger partial charge is 0.235 e. The van der Waals surface area contributed by atoms with Gasteiger partial charge in [0.25, 0.3) is 0 Å². The zero-order valence-corrected chi connectivity index (χ0v) is 28.8. The van der Waals surface area contributed by atoms with Gasteiger partial charge in [-0.05, 0) is 29.7 Å². The van der Waals surface area contributed by atoms with Crippen LogP contribution in [0.1, 0.15) is 0 Å². The van der Waals surface area contributed by atoms with E-state index in [9.17, 15) is 0 Å². The average Bonchev–Trinajstić information content (AvgIpc) is 3.93. The second kappa shape index (κ2) is 9.96. The summed E-state index contributed by atoms with van der Waals surface area (Å²) in [5, 5.41) is 11.3. The Balaban J connectivity index is 1.31. The third-order valence-electron chi connectivity index (χ3n) is 10.2. The first-order valence-electron chi connectivity index (χ1n) is 16.7. The molecule has 5 aromatic heterocycles. The van der Waals surface area contributed by atoms with E-state index in [1.165, 1.54) is 77.5 Å². The molecule has 50 heavy (non-hydrogen) atoms. The van der Waals surface area contributed by atoms with Crippen molar-refractivity contribution in [2.75, 3.05) is 0 Å². The van der Waals surface area contributed by atoms with Crippen LogP contribution < -0.4 is 0 Å². The highest BCUT2D eigenvalue weighted by Crippen LogP contribution is 2.49. The summed E-state index contributed by atoms with van der Waals surface area (Å²) in [6.45, 7) is 0. The number of hydrogen-bond donors (Lipinski definition) is 0. The molecule has 0 N–H and O–H groups in total. The molecule has 12 rings (SSSR count). The lowest BCUT2D eigenvalue weighted by Gasteiger charge is -2.12. The van der Waals surface area contributed by atoms with Gasteiger partial charge in [-0.1, -0.05) is 115 Å². The summed E-state index contributed by atoms with van der Waals surface area (Å²) in [5.74, 6) is 0.701. The van der Waals surface area contributed by atoms with Gasteiger partial charge in [0.1, 0.15) is 0 Å². The molecule has 0 bridgehead atoms. The van der Waals surface area contributed by atoms with Gasteiger partial charge in [0, 0.05) is 72.2 Å². The fourth-order valence-electron chi connectivity index (χ4n) is 8.12. The predicted molar refractivity (Wildman–Crippen MR) is 218 cm³/mol. The van der Waals surface area contributed by atoms with E-state index >= 15 is 0 Å². The number of rotatable bonds is 2. The molecule has 0 saturated heterocycles. The fraction of sp³-hybridized carbons (Fsp3) is 0. The van der Waals surface area contributed by atoms with Gasteiger partial charge in [0.2, 0.25) is 5.95 Å². The van der Waals surface area contributed by atoms with Crippen molar-refractivity contribution in [3.05, 3.63) is 140 Å². The van der Waals surface area contributed by atoms with E-state index in [1.807, 2.05) is 22.7 Å². The summed E-state index contributed by atoms with van der Waals surface area (Å²) in [6.07, 6.45) is 0. The van der Waals surface area contributed by atoms with Gasteiger partial charge < -0.3 is 0 Å². The first-order chi connectivity index (χ1) is 24.8. The van der Waals surface area contributed by atoms with E-state index in [4.69, 9.17) is 9.97 Å². The monoisotopic (exact) mass is 689 g/mol. The van der Waals surface area contributed by atoms with Crippen molar-refractivity contribution in [3.8, 4) is 17.2 Å². The van der Waals surface area contributed by atoms with E-state index in [2.05, 4.69) is 144 Å². The standard InChI is InChI=1S/C44H23N3S3/c1-2-14-27-25(13-1)36-28-15-3-7-20-32(28)47(40(36)37-29-16-5-9-22-34(29)49-42(27)37)44-45-38-30-17-6-10-23-35(30)50-43(38)39(46-44)31-19-11-18-26-24-12-4-8-21-33(24)48-41(26)31/h1-23H. The maximum absolute atomic E-state index is 5.65. The minimum atomic E-state index is 0.701. The Labute approximate surface area is 296 Å². The Hall–Kier alpha value is -5.66. The number of para-hydroxylation sites is 1. The SMILES string of the molecule is c1ccc2c(c1)sc1c(-c3nc(-n4c5ccccc5c5c6ccccc6c6sc7ccccc7c6c54)nc4c3sc3ccccc34)cccc12. The number of nitrogens with zero attached hydrogens (tertiary/aromatic N) is 3. The number of thiophene rings is 3. The Morgan fingerprint density at radius 3 is 1.78 bits per heavy atom. The highest BCUT2D eigenvalue weighted by Gasteiger charge is 2.25. The molecule has 232 valence electrons. The minimum Gasteiger partial charge on any atom is -0.277 e. The van der Waals surface area contributed by atoms with E-state index in [-0.39, 0.29) is 0 Å². The van der Waals surface area contributed by atoms with E-state index in [0.29, 0.717) is 5.95 Å². The molecular formula is C44H23N3S3. The van der Waals surface area contributed by atoms with Crippen LogP contribution in [0, 0.1) is 0 Å². The number of hydrogen-bond acceptors (Lipinski definition) is 5. The zero-order chi connectivity index (χ0) is 32.5. The largest absolute Gasteiger partial charge is 0.277 e. The van der Waals surface area contributed by atoms with Gasteiger partial charge in [-0.25, -0.2) is 9.97 Å². The van der Waals surface area contributed by atoms with Crippen LogP contribution in [0.25, 0.3) is 110 Å². The molecule has 0 aliphatic heterocycles. The third-order valence-corrected chi connectivity index (χ3v) is 13.8. The maximum Gasteiger partial charge on any atom is 0.235 e. The molecular weight excluding hydrogens is 667 g/mol. The van der Waals surface area contributed by atoms with Gasteiger partial charge >= 0.3 is 0 Å². The first-order valence-corrected chi connectivity index (χ1v) is 19.1. The van der Waals surface area contributed by atoms with Crippen molar-refractivity contribution >= 4 is 127 Å².